The van der Waals surface area contributed by atoms with Crippen molar-refractivity contribution in [1.29, 1.82) is 0 Å². The van der Waals surface area contributed by atoms with Crippen molar-refractivity contribution in [3.63, 3.8) is 0 Å². The highest BCUT2D eigenvalue weighted by Gasteiger charge is 2.35. The highest BCUT2D eigenvalue weighted by molar-refractivity contribution is 6.34. The van der Waals surface area contributed by atoms with Gasteiger partial charge in [-0.15, -0.1) is 0 Å². The number of aryl methyl sites for hydroxylation is 1. The molecule has 3 aromatic heterocycles. The zero-order valence-electron chi connectivity index (χ0n) is 17.6. The lowest BCUT2D eigenvalue weighted by Crippen LogP contribution is -2.43. The van der Waals surface area contributed by atoms with E-state index in [0.717, 1.165) is 10.9 Å². The second-order valence-electron chi connectivity index (χ2n) is 8.02. The number of aliphatic hydroxyl groups is 1. The zero-order valence-corrected chi connectivity index (χ0v) is 18.4. The number of amides is 1. The fraction of sp³-hybridized carbons (Fsp3) is 0.409. The van der Waals surface area contributed by atoms with E-state index in [0.29, 0.717) is 22.0 Å². The Kier molecular flexibility index (Phi) is 5.70. The Labute approximate surface area is 176 Å². The average Bonchev–Trinajstić information content (AvgIpc) is 3.00. The number of carbonyl (C=O) groups is 1. The number of hydrogen-bond donors (Lipinski definition) is 1. The maximum atomic E-state index is 13.4. The van der Waals surface area contributed by atoms with Crippen molar-refractivity contribution in [3.8, 4) is 0 Å². The van der Waals surface area contributed by atoms with Crippen LogP contribution in [-0.4, -0.2) is 42.5 Å². The van der Waals surface area contributed by atoms with Gasteiger partial charge in [0.1, 0.15) is 10.8 Å². The molecular formula is C22H27ClN4O2. The molecule has 1 atom stereocenters. The fourth-order valence-corrected chi connectivity index (χ4v) is 4.23. The average molecular weight is 415 g/mol. The van der Waals surface area contributed by atoms with Gasteiger partial charge in [0.05, 0.1) is 16.8 Å². The Morgan fingerprint density at radius 1 is 1.21 bits per heavy atom. The van der Waals surface area contributed by atoms with Crippen LogP contribution in [0, 0.1) is 0 Å². The highest BCUT2D eigenvalue weighted by atomic mass is 35.5. The third-order valence-corrected chi connectivity index (χ3v) is 5.65. The summed E-state index contributed by atoms with van der Waals surface area (Å²) in [6.07, 6.45) is 4.75. The predicted octanol–water partition coefficient (Wildman–Crippen LogP) is 4.14. The number of rotatable bonds is 5. The van der Waals surface area contributed by atoms with Crippen molar-refractivity contribution in [1.82, 2.24) is 19.4 Å². The lowest BCUT2D eigenvalue weighted by molar-refractivity contribution is 0.0614. The minimum absolute atomic E-state index is 0.0167. The summed E-state index contributed by atoms with van der Waals surface area (Å²) in [7, 11) is 1.86. The molecule has 3 heterocycles. The molecule has 1 N–H and O–H groups in total. The van der Waals surface area contributed by atoms with Gasteiger partial charge in [0.2, 0.25) is 0 Å². The molecule has 0 saturated carbocycles. The van der Waals surface area contributed by atoms with Crippen LogP contribution in [0.1, 0.15) is 56.2 Å². The molecule has 0 saturated heterocycles. The van der Waals surface area contributed by atoms with E-state index in [-0.39, 0.29) is 18.0 Å². The van der Waals surface area contributed by atoms with E-state index in [1.54, 1.807) is 30.3 Å². The van der Waals surface area contributed by atoms with Crippen LogP contribution < -0.4 is 0 Å². The molecule has 0 fully saturated rings. The zero-order chi connectivity index (χ0) is 21.5. The van der Waals surface area contributed by atoms with E-state index >= 15 is 0 Å². The van der Waals surface area contributed by atoms with Crippen molar-refractivity contribution < 1.29 is 9.90 Å². The number of fused-ring (bicyclic) bond motifs is 1. The first-order valence-electron chi connectivity index (χ1n) is 9.67. The topological polar surface area (TPSA) is 71.2 Å². The van der Waals surface area contributed by atoms with Gasteiger partial charge < -0.3 is 14.6 Å². The minimum atomic E-state index is -1.44. The van der Waals surface area contributed by atoms with Crippen molar-refractivity contribution in [2.75, 3.05) is 0 Å². The molecule has 0 aromatic carbocycles. The van der Waals surface area contributed by atoms with E-state index in [9.17, 15) is 9.90 Å². The summed E-state index contributed by atoms with van der Waals surface area (Å²) in [6, 6.07) is 5.40. The van der Waals surface area contributed by atoms with Gasteiger partial charge in [-0.2, -0.15) is 0 Å². The third-order valence-electron chi connectivity index (χ3n) is 5.34. The Morgan fingerprint density at radius 2 is 1.86 bits per heavy atom. The predicted molar refractivity (Wildman–Crippen MR) is 115 cm³/mol. The van der Waals surface area contributed by atoms with Gasteiger partial charge in [-0.25, -0.2) is 4.98 Å². The smallest absolute Gasteiger partial charge is 0.256 e. The van der Waals surface area contributed by atoms with E-state index in [4.69, 9.17) is 11.6 Å². The first kappa shape index (κ1) is 21.3. The molecule has 0 aliphatic carbocycles. The molecule has 29 heavy (non-hydrogen) atoms. The molecular weight excluding hydrogens is 388 g/mol. The van der Waals surface area contributed by atoms with Crippen LogP contribution in [0.2, 0.25) is 5.15 Å². The van der Waals surface area contributed by atoms with Gasteiger partial charge >= 0.3 is 0 Å². The minimum Gasteiger partial charge on any atom is -0.379 e. The first-order valence-corrected chi connectivity index (χ1v) is 10.0. The van der Waals surface area contributed by atoms with Crippen LogP contribution >= 0.6 is 11.6 Å². The molecule has 0 aliphatic heterocycles. The molecule has 1 unspecified atom stereocenters. The van der Waals surface area contributed by atoms with Crippen molar-refractivity contribution in [3.05, 3.63) is 58.8 Å². The summed E-state index contributed by atoms with van der Waals surface area (Å²) in [4.78, 5) is 23.4. The quantitative estimate of drug-likeness (QED) is 0.637. The van der Waals surface area contributed by atoms with Crippen LogP contribution in [0.15, 0.2) is 36.8 Å². The number of carbonyl (C=O) groups excluding carboxylic acids is 1. The molecule has 3 rings (SSSR count). The normalized spacial score (nSPS) is 13.9. The maximum absolute atomic E-state index is 13.4. The maximum Gasteiger partial charge on any atom is 0.256 e. The van der Waals surface area contributed by atoms with Crippen molar-refractivity contribution >= 4 is 28.4 Å². The second-order valence-corrected chi connectivity index (χ2v) is 8.37. The summed E-state index contributed by atoms with van der Waals surface area (Å²) < 4.78 is 1.88. The van der Waals surface area contributed by atoms with Crippen LogP contribution in [-0.2, 0) is 12.6 Å². The Hall–Kier alpha value is -2.44. The summed E-state index contributed by atoms with van der Waals surface area (Å²) in [5.74, 6) is -0.156. The summed E-state index contributed by atoms with van der Waals surface area (Å²) in [5, 5.41) is 12.8. The van der Waals surface area contributed by atoms with Gasteiger partial charge in [-0.1, -0.05) is 11.6 Å². The van der Waals surface area contributed by atoms with Crippen LogP contribution in [0.5, 0.6) is 0 Å². The first-order chi connectivity index (χ1) is 13.6. The lowest BCUT2D eigenvalue weighted by atomic mass is 9.88. The van der Waals surface area contributed by atoms with E-state index < -0.39 is 5.60 Å². The van der Waals surface area contributed by atoms with Crippen LogP contribution in [0.4, 0.5) is 0 Å². The Bertz CT molecular complexity index is 1050. The van der Waals surface area contributed by atoms with Crippen LogP contribution in [0.3, 0.4) is 0 Å². The Morgan fingerprint density at radius 3 is 2.45 bits per heavy atom. The van der Waals surface area contributed by atoms with Gasteiger partial charge in [-0.3, -0.25) is 9.78 Å². The van der Waals surface area contributed by atoms with Gasteiger partial charge in [0, 0.05) is 48.7 Å². The molecule has 0 bridgehead atoms. The number of hydrogen-bond acceptors (Lipinski definition) is 4. The third kappa shape index (κ3) is 3.63. The van der Waals surface area contributed by atoms with E-state index in [1.807, 2.05) is 51.4 Å². The highest BCUT2D eigenvalue weighted by Crippen LogP contribution is 2.36. The van der Waals surface area contributed by atoms with Crippen molar-refractivity contribution in [2.45, 2.75) is 52.3 Å². The lowest BCUT2D eigenvalue weighted by Gasteiger charge is -2.33. The van der Waals surface area contributed by atoms with E-state index in [2.05, 4.69) is 9.97 Å². The number of halogens is 1. The SMILES string of the molecule is CC(C)N(C(=O)c1cnccc1C(C)(O)c1cc2c(Cl)nccc2n1C)C(C)C. The van der Waals surface area contributed by atoms with Gasteiger partial charge in [0.15, 0.2) is 0 Å². The van der Waals surface area contributed by atoms with Gasteiger partial charge in [-0.05, 0) is 52.8 Å². The summed E-state index contributed by atoms with van der Waals surface area (Å²) in [5.41, 5.74) is 0.912. The molecule has 154 valence electrons. The molecule has 1 amide bonds. The van der Waals surface area contributed by atoms with Crippen LogP contribution in [0.25, 0.3) is 10.9 Å². The van der Waals surface area contributed by atoms with Gasteiger partial charge in [0.25, 0.3) is 5.91 Å². The van der Waals surface area contributed by atoms with Crippen molar-refractivity contribution in [2.24, 2.45) is 7.05 Å². The summed E-state index contributed by atoms with van der Waals surface area (Å²) >= 11 is 6.25. The molecule has 3 aromatic rings. The molecule has 6 nitrogen and oxygen atoms in total. The monoisotopic (exact) mass is 414 g/mol. The number of aromatic nitrogens is 3. The second kappa shape index (κ2) is 7.76. The van der Waals surface area contributed by atoms with E-state index in [1.165, 1.54) is 6.20 Å². The Balaban J connectivity index is 2.18. The standard InChI is InChI=1S/C22H27ClN4O2/c1-13(2)27(14(3)4)21(28)16-12-24-9-7-17(16)22(5,29)19-11-15-18(26(19)6)8-10-25-20(15)23/h7-14,29H,1-6H3. The fourth-order valence-electron chi connectivity index (χ4n) is 4.03. The molecule has 0 aliphatic rings. The summed E-state index contributed by atoms with van der Waals surface area (Å²) in [6.45, 7) is 9.59. The number of nitrogens with zero attached hydrogens (tertiary/aromatic N) is 4. The number of pyridine rings is 2. The molecule has 0 radical (unpaired) electrons. The largest absolute Gasteiger partial charge is 0.379 e. The molecule has 7 heteroatoms. The molecule has 0 spiro atoms.